The van der Waals surface area contributed by atoms with Crippen molar-refractivity contribution < 1.29 is 9.47 Å². The fourth-order valence-corrected chi connectivity index (χ4v) is 2.96. The molecule has 2 N–H and O–H groups in total. The number of aryl methyl sites for hydroxylation is 1. The molecule has 0 saturated carbocycles. The Kier molecular flexibility index (Phi) is 8.33. The molecule has 1 aromatic carbocycles. The van der Waals surface area contributed by atoms with Crippen LogP contribution in [0.5, 0.6) is 11.5 Å². The van der Waals surface area contributed by atoms with E-state index in [-0.39, 0.29) is 0 Å². The normalized spacial score (nSPS) is 11.2. The van der Waals surface area contributed by atoms with Gasteiger partial charge in [0.15, 0.2) is 17.5 Å². The Bertz CT molecular complexity index is 800. The van der Waals surface area contributed by atoms with Crippen molar-refractivity contribution >= 4 is 5.96 Å². The molecule has 0 aliphatic carbocycles. The molecular weight excluding hydrogens is 356 g/mol. The summed E-state index contributed by atoms with van der Waals surface area (Å²) >= 11 is 0. The third kappa shape index (κ3) is 5.48. The van der Waals surface area contributed by atoms with Gasteiger partial charge in [0.05, 0.1) is 14.2 Å². The Labute approximate surface area is 166 Å². The monoisotopic (exact) mass is 386 g/mol. The highest BCUT2D eigenvalue weighted by Gasteiger charge is 2.12. The molecule has 0 amide bonds. The van der Waals surface area contributed by atoms with E-state index in [1.807, 2.05) is 16.7 Å². The van der Waals surface area contributed by atoms with Crippen molar-refractivity contribution in [3.8, 4) is 11.5 Å². The van der Waals surface area contributed by atoms with Gasteiger partial charge in [-0.2, -0.15) is 0 Å². The average molecular weight is 387 g/mol. The first-order valence-electron chi connectivity index (χ1n) is 9.32. The predicted molar refractivity (Wildman–Crippen MR) is 111 cm³/mol. The molecule has 2 aromatic rings. The number of rotatable bonds is 10. The number of ether oxygens (including phenoxy) is 2. The number of methoxy groups -OCH3 is 2. The minimum absolute atomic E-state index is 0.608. The zero-order valence-corrected chi connectivity index (χ0v) is 17.2. The van der Waals surface area contributed by atoms with Crippen LogP contribution in [0.4, 0.5) is 0 Å². The first-order valence-corrected chi connectivity index (χ1v) is 9.32. The smallest absolute Gasteiger partial charge is 0.191 e. The molecule has 0 unspecified atom stereocenters. The topological polar surface area (TPSA) is 85.6 Å². The summed E-state index contributed by atoms with van der Waals surface area (Å²) in [6, 6.07) is 4.06. The molecule has 0 fully saturated rings. The fourth-order valence-electron chi connectivity index (χ4n) is 2.96. The van der Waals surface area contributed by atoms with Crippen LogP contribution < -0.4 is 20.1 Å². The van der Waals surface area contributed by atoms with Crippen molar-refractivity contribution in [2.75, 3.05) is 27.8 Å². The predicted octanol–water partition coefficient (Wildman–Crippen LogP) is 1.95. The summed E-state index contributed by atoms with van der Waals surface area (Å²) in [7, 11) is 5.04. The highest BCUT2D eigenvalue weighted by molar-refractivity contribution is 5.79. The molecule has 1 heterocycles. The minimum Gasteiger partial charge on any atom is -0.493 e. The van der Waals surface area contributed by atoms with Crippen LogP contribution in [-0.2, 0) is 25.9 Å². The maximum absolute atomic E-state index is 5.49. The van der Waals surface area contributed by atoms with Crippen LogP contribution in [0.3, 0.4) is 0 Å². The van der Waals surface area contributed by atoms with Gasteiger partial charge in [-0.05, 0) is 24.1 Å². The SMILES string of the molecule is C=CCc1cc(CNC(=NC)NCCn2cnnc2CC)cc(OC)c1OC. The Balaban J connectivity index is 1.97. The van der Waals surface area contributed by atoms with E-state index in [2.05, 4.69) is 45.4 Å². The number of aliphatic imine (C=N–C) groups is 1. The summed E-state index contributed by atoms with van der Waals surface area (Å²) in [5.74, 6) is 3.16. The number of nitrogens with zero attached hydrogens (tertiary/aromatic N) is 4. The Hall–Kier alpha value is -3.03. The second-order valence-electron chi connectivity index (χ2n) is 6.13. The van der Waals surface area contributed by atoms with Crippen LogP contribution in [-0.4, -0.2) is 48.5 Å². The lowest BCUT2D eigenvalue weighted by Gasteiger charge is -2.16. The summed E-state index contributed by atoms with van der Waals surface area (Å²) in [5.41, 5.74) is 2.11. The van der Waals surface area contributed by atoms with E-state index in [9.17, 15) is 0 Å². The maximum atomic E-state index is 5.49. The van der Waals surface area contributed by atoms with Crippen LogP contribution in [0.1, 0.15) is 23.9 Å². The average Bonchev–Trinajstić information content (AvgIpc) is 3.17. The summed E-state index contributed by atoms with van der Waals surface area (Å²) < 4.78 is 13.0. The van der Waals surface area contributed by atoms with Gasteiger partial charge in [0.25, 0.3) is 0 Å². The molecule has 0 radical (unpaired) electrons. The number of nitrogens with one attached hydrogen (secondary N) is 2. The molecule has 8 nitrogen and oxygen atoms in total. The lowest BCUT2D eigenvalue weighted by Crippen LogP contribution is -2.38. The van der Waals surface area contributed by atoms with E-state index in [1.165, 1.54) is 0 Å². The van der Waals surface area contributed by atoms with Gasteiger partial charge < -0.3 is 24.7 Å². The van der Waals surface area contributed by atoms with Crippen molar-refractivity contribution in [3.63, 3.8) is 0 Å². The van der Waals surface area contributed by atoms with Crippen molar-refractivity contribution in [2.24, 2.45) is 4.99 Å². The lowest BCUT2D eigenvalue weighted by molar-refractivity contribution is 0.352. The lowest BCUT2D eigenvalue weighted by atomic mass is 10.1. The molecule has 0 spiro atoms. The molecular formula is C20H30N6O2. The molecule has 0 aliphatic heterocycles. The number of hydrogen-bond acceptors (Lipinski definition) is 5. The fraction of sp³-hybridized carbons (Fsp3) is 0.450. The van der Waals surface area contributed by atoms with Gasteiger partial charge >= 0.3 is 0 Å². The molecule has 152 valence electrons. The van der Waals surface area contributed by atoms with Crippen molar-refractivity contribution in [3.05, 3.63) is 48.1 Å². The van der Waals surface area contributed by atoms with Crippen molar-refractivity contribution in [1.82, 2.24) is 25.4 Å². The van der Waals surface area contributed by atoms with E-state index >= 15 is 0 Å². The molecule has 0 bridgehead atoms. The molecule has 0 saturated heterocycles. The largest absolute Gasteiger partial charge is 0.493 e. The summed E-state index contributed by atoms with van der Waals surface area (Å²) in [6.45, 7) is 7.99. The maximum Gasteiger partial charge on any atom is 0.191 e. The molecule has 0 aliphatic rings. The van der Waals surface area contributed by atoms with E-state index < -0.39 is 0 Å². The van der Waals surface area contributed by atoms with E-state index in [0.717, 1.165) is 48.2 Å². The highest BCUT2D eigenvalue weighted by atomic mass is 16.5. The van der Waals surface area contributed by atoms with Gasteiger partial charge in [-0.25, -0.2) is 0 Å². The number of benzene rings is 1. The molecule has 8 heteroatoms. The summed E-state index contributed by atoms with van der Waals surface area (Å²) in [6.07, 6.45) is 5.17. The molecule has 28 heavy (non-hydrogen) atoms. The molecule has 0 atom stereocenters. The zero-order valence-electron chi connectivity index (χ0n) is 17.2. The first kappa shape index (κ1) is 21.3. The van der Waals surface area contributed by atoms with Crippen molar-refractivity contribution in [1.29, 1.82) is 0 Å². The zero-order chi connectivity index (χ0) is 20.4. The Morgan fingerprint density at radius 2 is 2.11 bits per heavy atom. The van der Waals surface area contributed by atoms with Crippen LogP contribution in [0.15, 0.2) is 36.1 Å². The van der Waals surface area contributed by atoms with Gasteiger partial charge in [-0.15, -0.1) is 16.8 Å². The highest BCUT2D eigenvalue weighted by Crippen LogP contribution is 2.33. The number of hydrogen-bond donors (Lipinski definition) is 2. The molecule has 1 aromatic heterocycles. The van der Waals surface area contributed by atoms with Crippen LogP contribution in [0.2, 0.25) is 0 Å². The summed E-state index contributed by atoms with van der Waals surface area (Å²) in [5, 5.41) is 14.7. The third-order valence-corrected chi connectivity index (χ3v) is 4.32. The van der Waals surface area contributed by atoms with Crippen LogP contribution in [0.25, 0.3) is 0 Å². The third-order valence-electron chi connectivity index (χ3n) is 4.32. The van der Waals surface area contributed by atoms with E-state index in [1.54, 1.807) is 27.6 Å². The molecule has 2 rings (SSSR count). The minimum atomic E-state index is 0.608. The number of allylic oxidation sites excluding steroid dienone is 1. The van der Waals surface area contributed by atoms with Gasteiger partial charge in [-0.1, -0.05) is 13.0 Å². The number of guanidine groups is 1. The van der Waals surface area contributed by atoms with Gasteiger partial charge in [0, 0.05) is 38.7 Å². The van der Waals surface area contributed by atoms with Crippen LogP contribution >= 0.6 is 0 Å². The quantitative estimate of drug-likeness (QED) is 0.369. The van der Waals surface area contributed by atoms with Gasteiger partial charge in [-0.3, -0.25) is 4.99 Å². The standard InChI is InChI=1S/C20H30N6O2/c1-6-8-16-11-15(12-17(27-4)19(16)28-5)13-23-20(21-3)22-9-10-26-14-24-25-18(26)7-2/h6,11-12,14H,1,7-10,13H2,2-5H3,(H2,21,22,23). The second kappa shape index (κ2) is 11.0. The van der Waals surface area contributed by atoms with Crippen molar-refractivity contribution in [2.45, 2.75) is 32.9 Å². The van der Waals surface area contributed by atoms with E-state index in [4.69, 9.17) is 9.47 Å². The van der Waals surface area contributed by atoms with E-state index in [0.29, 0.717) is 18.7 Å². The van der Waals surface area contributed by atoms with Gasteiger partial charge in [0.1, 0.15) is 12.2 Å². The first-order chi connectivity index (χ1) is 13.7. The summed E-state index contributed by atoms with van der Waals surface area (Å²) in [4.78, 5) is 4.28. The Morgan fingerprint density at radius 1 is 1.29 bits per heavy atom. The second-order valence-corrected chi connectivity index (χ2v) is 6.13. The number of aromatic nitrogens is 3. The van der Waals surface area contributed by atoms with Crippen LogP contribution in [0, 0.1) is 0 Å². The Morgan fingerprint density at radius 3 is 2.75 bits per heavy atom. The van der Waals surface area contributed by atoms with Gasteiger partial charge in [0.2, 0.25) is 0 Å².